The van der Waals surface area contributed by atoms with Crippen LogP contribution in [0.3, 0.4) is 0 Å². The third-order valence-electron chi connectivity index (χ3n) is 4.84. The molecule has 1 saturated heterocycles. The lowest BCUT2D eigenvalue weighted by Crippen LogP contribution is -2.44. The molecule has 2 atom stereocenters. The highest BCUT2D eigenvalue weighted by molar-refractivity contribution is 5.89. The molecule has 1 aromatic carbocycles. The van der Waals surface area contributed by atoms with Crippen LogP contribution in [0.5, 0.6) is 0 Å². The van der Waals surface area contributed by atoms with Gasteiger partial charge in [0.1, 0.15) is 0 Å². The van der Waals surface area contributed by atoms with Crippen molar-refractivity contribution in [1.29, 1.82) is 0 Å². The summed E-state index contributed by atoms with van der Waals surface area (Å²) >= 11 is 0. The number of carbonyl (C=O) groups is 1. The first-order chi connectivity index (χ1) is 10.2. The maximum atomic E-state index is 11.3. The first-order valence-electron chi connectivity index (χ1n) is 7.88. The van der Waals surface area contributed by atoms with Gasteiger partial charge in [-0.05, 0) is 42.9 Å². The molecule has 0 saturated carbocycles. The largest absolute Gasteiger partial charge is 0.478 e. The number of carboxylic acids is 1. The number of hydrogen-bond donors (Lipinski definition) is 1. The highest BCUT2D eigenvalue weighted by atomic mass is 16.5. The van der Waals surface area contributed by atoms with Crippen LogP contribution < -0.4 is 0 Å². The number of carboxylic acid groups (broad SMARTS) is 1. The number of rotatable bonds is 3. The normalized spacial score (nSPS) is 26.3. The molecule has 1 aromatic rings. The minimum atomic E-state index is -0.808. The summed E-state index contributed by atoms with van der Waals surface area (Å²) in [6, 6.07) is 6.23. The molecule has 2 aliphatic rings. The number of benzene rings is 1. The first-order valence-corrected chi connectivity index (χ1v) is 7.88. The van der Waals surface area contributed by atoms with Crippen molar-refractivity contribution in [3.8, 4) is 0 Å². The maximum absolute atomic E-state index is 11.3. The van der Waals surface area contributed by atoms with E-state index in [1.54, 1.807) is 6.07 Å². The molecule has 1 N–H and O–H groups in total. The zero-order chi connectivity index (χ0) is 14.8. The van der Waals surface area contributed by atoms with E-state index in [-0.39, 0.29) is 0 Å². The fraction of sp³-hybridized carbons (Fsp3) is 0.588. The van der Waals surface area contributed by atoms with E-state index in [4.69, 9.17) is 4.74 Å². The van der Waals surface area contributed by atoms with Crippen molar-refractivity contribution in [2.75, 3.05) is 13.2 Å². The molecule has 0 radical (unpaired) electrons. The molecule has 3 rings (SSSR count). The highest BCUT2D eigenvalue weighted by Gasteiger charge is 2.29. The van der Waals surface area contributed by atoms with E-state index < -0.39 is 5.97 Å². The Balaban J connectivity index is 1.75. The molecule has 0 amide bonds. The van der Waals surface area contributed by atoms with Gasteiger partial charge in [0.15, 0.2) is 0 Å². The third kappa shape index (κ3) is 2.97. The van der Waals surface area contributed by atoms with Gasteiger partial charge in [0, 0.05) is 25.7 Å². The molecule has 2 heterocycles. The van der Waals surface area contributed by atoms with Gasteiger partial charge in [-0.3, -0.25) is 4.90 Å². The SMILES string of the molecule is CCC1CC(N2CCc3c(cccc3C(=O)O)C2)CCO1. The van der Waals surface area contributed by atoms with E-state index in [1.165, 1.54) is 5.56 Å². The average Bonchev–Trinajstić information content (AvgIpc) is 2.53. The van der Waals surface area contributed by atoms with Crippen LogP contribution >= 0.6 is 0 Å². The monoisotopic (exact) mass is 289 g/mol. The summed E-state index contributed by atoms with van der Waals surface area (Å²) in [4.78, 5) is 13.8. The second-order valence-electron chi connectivity index (χ2n) is 6.05. The van der Waals surface area contributed by atoms with Crippen LogP contribution in [0.25, 0.3) is 0 Å². The van der Waals surface area contributed by atoms with Crippen LogP contribution in [0.15, 0.2) is 18.2 Å². The van der Waals surface area contributed by atoms with Gasteiger partial charge in [-0.15, -0.1) is 0 Å². The van der Waals surface area contributed by atoms with Crippen LogP contribution in [-0.2, 0) is 17.7 Å². The Hall–Kier alpha value is -1.39. The van der Waals surface area contributed by atoms with Gasteiger partial charge in [-0.25, -0.2) is 4.79 Å². The lowest BCUT2D eigenvalue weighted by atomic mass is 9.91. The summed E-state index contributed by atoms with van der Waals surface area (Å²) in [5.74, 6) is -0.808. The minimum Gasteiger partial charge on any atom is -0.478 e. The smallest absolute Gasteiger partial charge is 0.335 e. The Morgan fingerprint density at radius 3 is 3.10 bits per heavy atom. The fourth-order valence-corrected chi connectivity index (χ4v) is 3.62. The second-order valence-corrected chi connectivity index (χ2v) is 6.05. The Kier molecular flexibility index (Phi) is 4.27. The highest BCUT2D eigenvalue weighted by Crippen LogP contribution is 2.28. The second kappa shape index (κ2) is 6.16. The molecule has 2 aliphatic heterocycles. The molecular weight excluding hydrogens is 266 g/mol. The molecule has 2 unspecified atom stereocenters. The van der Waals surface area contributed by atoms with E-state index in [9.17, 15) is 9.90 Å². The molecule has 0 aliphatic carbocycles. The van der Waals surface area contributed by atoms with Gasteiger partial charge in [0.25, 0.3) is 0 Å². The molecule has 1 fully saturated rings. The summed E-state index contributed by atoms with van der Waals surface area (Å²) in [7, 11) is 0. The van der Waals surface area contributed by atoms with Crippen LogP contribution in [0.2, 0.25) is 0 Å². The van der Waals surface area contributed by atoms with E-state index in [2.05, 4.69) is 17.9 Å². The van der Waals surface area contributed by atoms with Crippen molar-refractivity contribution >= 4 is 5.97 Å². The average molecular weight is 289 g/mol. The van der Waals surface area contributed by atoms with Crippen LogP contribution in [0.4, 0.5) is 0 Å². The van der Waals surface area contributed by atoms with Crippen molar-refractivity contribution in [2.24, 2.45) is 0 Å². The summed E-state index contributed by atoms with van der Waals surface area (Å²) in [6.07, 6.45) is 4.49. The minimum absolute atomic E-state index is 0.385. The van der Waals surface area contributed by atoms with E-state index in [1.807, 2.05) is 6.07 Å². The molecule has 4 nitrogen and oxygen atoms in total. The number of aromatic carboxylic acids is 1. The van der Waals surface area contributed by atoms with Crippen molar-refractivity contribution in [2.45, 2.75) is 51.3 Å². The van der Waals surface area contributed by atoms with E-state index in [0.717, 1.165) is 50.9 Å². The molecule has 0 spiro atoms. The predicted octanol–water partition coefficient (Wildman–Crippen LogP) is 2.70. The Morgan fingerprint density at radius 2 is 2.33 bits per heavy atom. The van der Waals surface area contributed by atoms with Crippen molar-refractivity contribution in [1.82, 2.24) is 4.90 Å². The summed E-state index contributed by atoms with van der Waals surface area (Å²) in [5.41, 5.74) is 2.69. The Bertz CT molecular complexity index is 529. The van der Waals surface area contributed by atoms with Gasteiger partial charge >= 0.3 is 5.97 Å². The van der Waals surface area contributed by atoms with Gasteiger partial charge < -0.3 is 9.84 Å². The standard InChI is InChI=1S/C17H23NO3/c1-2-14-10-13(7-9-21-14)18-8-6-15-12(11-18)4-3-5-16(15)17(19)20/h3-5,13-14H,2,6-11H2,1H3,(H,19,20). The van der Waals surface area contributed by atoms with E-state index in [0.29, 0.717) is 17.7 Å². The molecule has 0 bridgehead atoms. The first kappa shape index (κ1) is 14.5. The van der Waals surface area contributed by atoms with Gasteiger partial charge in [0.05, 0.1) is 11.7 Å². The van der Waals surface area contributed by atoms with E-state index >= 15 is 0 Å². The van der Waals surface area contributed by atoms with Gasteiger partial charge in [0.2, 0.25) is 0 Å². The van der Waals surface area contributed by atoms with Gasteiger partial charge in [-0.2, -0.15) is 0 Å². The summed E-state index contributed by atoms with van der Waals surface area (Å²) in [6.45, 7) is 4.86. The van der Waals surface area contributed by atoms with Crippen LogP contribution in [0, 0.1) is 0 Å². The van der Waals surface area contributed by atoms with Crippen molar-refractivity contribution in [3.63, 3.8) is 0 Å². The zero-order valence-electron chi connectivity index (χ0n) is 12.5. The van der Waals surface area contributed by atoms with Crippen molar-refractivity contribution in [3.05, 3.63) is 34.9 Å². The molecular formula is C17H23NO3. The Labute approximate surface area is 125 Å². The topological polar surface area (TPSA) is 49.8 Å². The van der Waals surface area contributed by atoms with Crippen LogP contribution in [-0.4, -0.2) is 41.3 Å². The number of fused-ring (bicyclic) bond motifs is 1. The molecule has 4 heteroatoms. The Morgan fingerprint density at radius 1 is 1.48 bits per heavy atom. The lowest BCUT2D eigenvalue weighted by Gasteiger charge is -2.40. The third-order valence-corrected chi connectivity index (χ3v) is 4.84. The van der Waals surface area contributed by atoms with Gasteiger partial charge in [-0.1, -0.05) is 19.1 Å². The molecule has 0 aromatic heterocycles. The predicted molar refractivity (Wildman–Crippen MR) is 80.6 cm³/mol. The van der Waals surface area contributed by atoms with Crippen molar-refractivity contribution < 1.29 is 14.6 Å². The number of ether oxygens (including phenoxy) is 1. The summed E-state index contributed by atoms with van der Waals surface area (Å²) < 4.78 is 5.76. The van der Waals surface area contributed by atoms with Crippen LogP contribution in [0.1, 0.15) is 47.7 Å². The zero-order valence-corrected chi connectivity index (χ0v) is 12.5. The molecule has 114 valence electrons. The number of nitrogens with zero attached hydrogens (tertiary/aromatic N) is 1. The summed E-state index contributed by atoms with van der Waals surface area (Å²) in [5, 5.41) is 9.29. The number of hydrogen-bond acceptors (Lipinski definition) is 3. The maximum Gasteiger partial charge on any atom is 0.335 e. The molecule has 21 heavy (non-hydrogen) atoms. The lowest BCUT2D eigenvalue weighted by molar-refractivity contribution is -0.0312. The quantitative estimate of drug-likeness (QED) is 0.929. The fourth-order valence-electron chi connectivity index (χ4n) is 3.62.